The molecule has 1 atom stereocenters. The molecule has 0 aliphatic carbocycles. The monoisotopic (exact) mass is 399 g/mol. The van der Waals surface area contributed by atoms with Gasteiger partial charge < -0.3 is 14.8 Å². The van der Waals surface area contributed by atoms with Crippen LogP contribution in [0.5, 0.6) is 0 Å². The molecule has 0 spiro atoms. The molecule has 1 N–H and O–H groups in total. The van der Waals surface area contributed by atoms with E-state index in [0.717, 1.165) is 4.90 Å². The number of thioether (sulfide) groups is 1. The van der Waals surface area contributed by atoms with Crippen LogP contribution in [0.25, 0.3) is 0 Å². The number of alkyl carbamates (subject to hydrolysis) is 1. The van der Waals surface area contributed by atoms with E-state index in [-0.39, 0.29) is 18.3 Å². The molecule has 23 heavy (non-hydrogen) atoms. The van der Waals surface area contributed by atoms with Crippen LogP contribution in [0.4, 0.5) is 4.79 Å². The number of hydrogen-bond acceptors (Lipinski definition) is 5. The Morgan fingerprint density at radius 2 is 1.87 bits per heavy atom. The minimum absolute atomic E-state index is 0.199. The van der Waals surface area contributed by atoms with E-state index < -0.39 is 15.9 Å². The largest absolute Gasteiger partial charge is 0.468 e. The number of carbonyl (C=O) groups is 2. The zero-order valence-electron chi connectivity index (χ0n) is 12.5. The summed E-state index contributed by atoms with van der Waals surface area (Å²) >= 11 is 19.1. The average Bonchev–Trinajstić information content (AvgIpc) is 2.50. The predicted molar refractivity (Wildman–Crippen MR) is 92.4 cm³/mol. The number of hydrogen-bond donors (Lipinski definition) is 1. The lowest BCUT2D eigenvalue weighted by Crippen LogP contribution is -2.36. The fraction of sp³-hybridized carbons (Fsp3) is 0.429. The lowest BCUT2D eigenvalue weighted by molar-refractivity contribution is -0.137. The number of ether oxygens (including phenoxy) is 2. The molecule has 1 unspecified atom stereocenters. The number of amides is 1. The summed E-state index contributed by atoms with van der Waals surface area (Å²) < 4.78 is 7.64. The predicted octanol–water partition coefficient (Wildman–Crippen LogP) is 4.11. The van der Waals surface area contributed by atoms with E-state index in [1.807, 2.05) is 0 Å². The molecule has 0 saturated heterocycles. The van der Waals surface area contributed by atoms with Crippen LogP contribution >= 0.6 is 46.6 Å². The Morgan fingerprint density at radius 1 is 1.26 bits per heavy atom. The fourth-order valence-electron chi connectivity index (χ4n) is 1.60. The summed E-state index contributed by atoms with van der Waals surface area (Å²) in [5, 5.41) is 2.52. The van der Waals surface area contributed by atoms with E-state index in [4.69, 9.17) is 39.5 Å². The Hall–Kier alpha value is -0.820. The minimum Gasteiger partial charge on any atom is -0.468 e. The zero-order valence-corrected chi connectivity index (χ0v) is 15.6. The fourth-order valence-corrected chi connectivity index (χ4v) is 2.87. The quantitative estimate of drug-likeness (QED) is 0.442. The van der Waals surface area contributed by atoms with Gasteiger partial charge in [0.05, 0.1) is 19.5 Å². The molecule has 9 heteroatoms. The van der Waals surface area contributed by atoms with Crippen LogP contribution in [-0.2, 0) is 14.3 Å². The molecular weight excluding hydrogens is 385 g/mol. The Balaban J connectivity index is 2.83. The second-order valence-corrected chi connectivity index (χ2v) is 7.69. The molecule has 0 aliphatic heterocycles. The summed E-state index contributed by atoms with van der Waals surface area (Å²) in [6, 6.07) is 6.07. The first-order chi connectivity index (χ1) is 10.8. The van der Waals surface area contributed by atoms with Gasteiger partial charge in [0.25, 0.3) is 0 Å². The molecular formula is C14H16Cl3NO4S. The van der Waals surface area contributed by atoms with Crippen molar-refractivity contribution in [3.8, 4) is 0 Å². The normalized spacial score (nSPS) is 12.4. The van der Waals surface area contributed by atoms with Gasteiger partial charge in [-0.2, -0.15) is 0 Å². The summed E-state index contributed by atoms with van der Waals surface area (Å²) in [4.78, 5) is 23.5. The third-order valence-corrected chi connectivity index (χ3v) is 4.30. The maximum atomic E-state index is 11.6. The molecule has 1 aromatic rings. The van der Waals surface area contributed by atoms with Crippen molar-refractivity contribution in [2.45, 2.75) is 21.7 Å². The first kappa shape index (κ1) is 20.2. The van der Waals surface area contributed by atoms with Crippen molar-refractivity contribution in [2.24, 2.45) is 0 Å². The van der Waals surface area contributed by atoms with Crippen molar-refractivity contribution in [1.82, 2.24) is 5.32 Å². The first-order valence-electron chi connectivity index (χ1n) is 6.57. The zero-order chi connectivity index (χ0) is 17.5. The summed E-state index contributed by atoms with van der Waals surface area (Å²) in [7, 11) is 1.33. The lowest BCUT2D eigenvalue weighted by atomic mass is 10.1. The van der Waals surface area contributed by atoms with Crippen LogP contribution in [-0.4, -0.2) is 35.3 Å². The van der Waals surface area contributed by atoms with Crippen molar-refractivity contribution in [3.05, 3.63) is 29.8 Å². The molecule has 1 amide bonds. The topological polar surface area (TPSA) is 64.6 Å². The summed E-state index contributed by atoms with van der Waals surface area (Å²) in [6.07, 6.45) is -0.673. The molecule has 0 saturated carbocycles. The number of methoxy groups -OCH3 is 1. The van der Waals surface area contributed by atoms with E-state index in [2.05, 4.69) is 10.1 Å². The van der Waals surface area contributed by atoms with Crippen LogP contribution < -0.4 is 5.32 Å². The van der Waals surface area contributed by atoms with Crippen LogP contribution in [0.15, 0.2) is 29.2 Å². The van der Waals surface area contributed by atoms with E-state index in [1.165, 1.54) is 18.9 Å². The van der Waals surface area contributed by atoms with Gasteiger partial charge in [0.15, 0.2) is 0 Å². The van der Waals surface area contributed by atoms with Gasteiger partial charge in [-0.1, -0.05) is 46.9 Å². The molecule has 0 aliphatic rings. The second kappa shape index (κ2) is 9.47. The molecule has 0 fully saturated rings. The van der Waals surface area contributed by atoms with Gasteiger partial charge in [-0.3, -0.25) is 4.79 Å². The molecule has 0 heterocycles. The summed E-state index contributed by atoms with van der Waals surface area (Å²) in [5.74, 6) is -0.118. The highest BCUT2D eigenvalue weighted by molar-refractivity contribution is 8.00. The molecule has 0 aromatic heterocycles. The Bertz CT molecular complexity index is 534. The summed E-state index contributed by atoms with van der Waals surface area (Å²) in [5.41, 5.74) is 0.598. The van der Waals surface area contributed by atoms with Crippen molar-refractivity contribution in [3.63, 3.8) is 0 Å². The number of halogens is 3. The van der Waals surface area contributed by atoms with Crippen LogP contribution in [0.1, 0.15) is 18.5 Å². The van der Waals surface area contributed by atoms with E-state index in [9.17, 15) is 9.59 Å². The van der Waals surface area contributed by atoms with Crippen LogP contribution in [0, 0.1) is 0 Å². The number of alkyl halides is 3. The molecule has 0 bridgehead atoms. The smallest absolute Gasteiger partial charge is 0.407 e. The lowest BCUT2D eigenvalue weighted by Gasteiger charge is -2.25. The highest BCUT2D eigenvalue weighted by atomic mass is 35.6. The molecule has 5 nitrogen and oxygen atoms in total. The van der Waals surface area contributed by atoms with Gasteiger partial charge in [0.2, 0.25) is 3.79 Å². The van der Waals surface area contributed by atoms with Crippen LogP contribution in [0.2, 0.25) is 0 Å². The summed E-state index contributed by atoms with van der Waals surface area (Å²) in [6.45, 7) is 1.89. The van der Waals surface area contributed by atoms with E-state index >= 15 is 0 Å². The first-order valence-corrected chi connectivity index (χ1v) is 8.69. The molecule has 128 valence electrons. The highest BCUT2D eigenvalue weighted by Crippen LogP contribution is 2.40. The molecule has 0 radical (unpaired) electrons. The minimum atomic E-state index is -1.74. The number of esters is 1. The number of rotatable bonds is 6. The molecule has 1 aromatic carbocycles. The Kier molecular flexibility index (Phi) is 8.33. The Morgan fingerprint density at radius 3 is 2.35 bits per heavy atom. The third kappa shape index (κ3) is 7.08. The van der Waals surface area contributed by atoms with Crippen LogP contribution in [0.3, 0.4) is 0 Å². The van der Waals surface area contributed by atoms with E-state index in [1.54, 1.807) is 31.2 Å². The highest BCUT2D eigenvalue weighted by Gasteiger charge is 2.35. The van der Waals surface area contributed by atoms with Crippen molar-refractivity contribution >= 4 is 58.6 Å². The van der Waals surface area contributed by atoms with Crippen molar-refractivity contribution in [2.75, 3.05) is 19.5 Å². The van der Waals surface area contributed by atoms with Crippen molar-refractivity contribution < 1.29 is 19.1 Å². The van der Waals surface area contributed by atoms with Crippen molar-refractivity contribution in [1.29, 1.82) is 0 Å². The van der Waals surface area contributed by atoms with Gasteiger partial charge in [-0.05, 0) is 24.6 Å². The van der Waals surface area contributed by atoms with Gasteiger partial charge in [-0.25, -0.2) is 4.79 Å². The average molecular weight is 401 g/mol. The Labute approximate surface area is 153 Å². The van der Waals surface area contributed by atoms with Gasteiger partial charge in [0.1, 0.15) is 6.04 Å². The number of benzene rings is 1. The maximum Gasteiger partial charge on any atom is 0.407 e. The number of carbonyl (C=O) groups excluding carboxylic acids is 2. The second-order valence-electron chi connectivity index (χ2n) is 4.27. The maximum absolute atomic E-state index is 11.6. The van der Waals surface area contributed by atoms with Gasteiger partial charge in [0, 0.05) is 4.90 Å². The van der Waals surface area contributed by atoms with Gasteiger partial charge >= 0.3 is 12.1 Å². The standard InChI is InChI=1S/C14H16Cl3NO4S/c1-3-22-13(20)18-12(14(15,16)17)9-4-6-10(7-5-9)23-8-11(19)21-2/h4-7,12H,3,8H2,1-2H3,(H,18,20). The number of nitrogens with one attached hydrogen (secondary N) is 1. The molecule has 1 rings (SSSR count). The third-order valence-electron chi connectivity index (χ3n) is 2.66. The SMILES string of the molecule is CCOC(=O)NC(c1ccc(SCC(=O)OC)cc1)C(Cl)(Cl)Cl. The van der Waals surface area contributed by atoms with Gasteiger partial charge in [-0.15, -0.1) is 11.8 Å². The van der Waals surface area contributed by atoms with E-state index in [0.29, 0.717) is 5.56 Å².